The average molecular weight is 237 g/mol. The Morgan fingerprint density at radius 1 is 1.35 bits per heavy atom. The average Bonchev–Trinajstić information content (AvgIpc) is 2.23. The minimum atomic E-state index is 0.474. The van der Waals surface area contributed by atoms with Gasteiger partial charge in [0.1, 0.15) is 5.75 Å². The summed E-state index contributed by atoms with van der Waals surface area (Å²) in [4.78, 5) is 6.54. The highest BCUT2D eigenvalue weighted by atomic mass is 16.5. The lowest BCUT2D eigenvalue weighted by Crippen LogP contribution is -2.16. The first kappa shape index (κ1) is 13.9. The van der Waals surface area contributed by atoms with Crippen molar-refractivity contribution in [3.05, 3.63) is 23.0 Å². The van der Waals surface area contributed by atoms with Crippen molar-refractivity contribution in [1.82, 2.24) is 9.88 Å². The monoisotopic (exact) mass is 237 g/mol. The molecule has 17 heavy (non-hydrogen) atoms. The van der Waals surface area contributed by atoms with Gasteiger partial charge >= 0.3 is 0 Å². The van der Waals surface area contributed by atoms with Crippen LogP contribution in [0.4, 0.5) is 0 Å². The second-order valence-corrected chi connectivity index (χ2v) is 4.54. The van der Waals surface area contributed by atoms with Crippen molar-refractivity contribution in [2.75, 3.05) is 27.2 Å². The van der Waals surface area contributed by atoms with Gasteiger partial charge in [0, 0.05) is 36.1 Å². The van der Waals surface area contributed by atoms with Crippen LogP contribution in [0.5, 0.6) is 5.75 Å². The predicted octanol–water partition coefficient (Wildman–Crippen LogP) is 1.49. The summed E-state index contributed by atoms with van der Waals surface area (Å²) in [6.45, 7) is 6.17. The Morgan fingerprint density at radius 2 is 2.06 bits per heavy atom. The van der Waals surface area contributed by atoms with Crippen LogP contribution in [0.3, 0.4) is 0 Å². The van der Waals surface area contributed by atoms with Crippen LogP contribution in [-0.4, -0.2) is 37.1 Å². The van der Waals surface area contributed by atoms with Gasteiger partial charge in [0.15, 0.2) is 0 Å². The van der Waals surface area contributed by atoms with Gasteiger partial charge in [-0.05, 0) is 34.4 Å². The molecule has 2 N–H and O–H groups in total. The first-order valence-electron chi connectivity index (χ1n) is 5.99. The fourth-order valence-electron chi connectivity index (χ4n) is 1.76. The summed E-state index contributed by atoms with van der Waals surface area (Å²) >= 11 is 0. The summed E-state index contributed by atoms with van der Waals surface area (Å²) < 4.78 is 5.79. The molecule has 0 aliphatic heterocycles. The molecule has 4 nitrogen and oxygen atoms in total. The fraction of sp³-hybridized carbons (Fsp3) is 0.615. The zero-order valence-electron chi connectivity index (χ0n) is 11.3. The van der Waals surface area contributed by atoms with E-state index in [1.165, 1.54) is 0 Å². The second kappa shape index (κ2) is 6.57. The Kier molecular flexibility index (Phi) is 5.38. The Bertz CT molecular complexity index is 364. The Labute approximate surface area is 104 Å². The highest BCUT2D eigenvalue weighted by Crippen LogP contribution is 2.21. The van der Waals surface area contributed by atoms with E-state index < -0.39 is 0 Å². The number of aromatic nitrogens is 1. The lowest BCUT2D eigenvalue weighted by atomic mass is 10.1. The van der Waals surface area contributed by atoms with Gasteiger partial charge in [-0.3, -0.25) is 4.98 Å². The van der Waals surface area contributed by atoms with E-state index in [0.29, 0.717) is 13.2 Å². The number of aryl methyl sites for hydroxylation is 2. The molecule has 1 aromatic rings. The Hall–Kier alpha value is -1.13. The minimum Gasteiger partial charge on any atom is -0.493 e. The van der Waals surface area contributed by atoms with E-state index >= 15 is 0 Å². The number of hydrogen-bond donors (Lipinski definition) is 1. The molecule has 0 fully saturated rings. The van der Waals surface area contributed by atoms with Crippen LogP contribution in [0.25, 0.3) is 0 Å². The van der Waals surface area contributed by atoms with Crippen molar-refractivity contribution in [3.8, 4) is 5.75 Å². The van der Waals surface area contributed by atoms with Crippen LogP contribution in [0.1, 0.15) is 23.4 Å². The zero-order chi connectivity index (χ0) is 12.8. The van der Waals surface area contributed by atoms with Crippen molar-refractivity contribution in [3.63, 3.8) is 0 Å². The Morgan fingerprint density at radius 3 is 2.65 bits per heavy atom. The maximum Gasteiger partial charge on any atom is 0.127 e. The molecule has 1 heterocycles. The zero-order valence-corrected chi connectivity index (χ0v) is 11.3. The molecule has 0 spiro atoms. The van der Waals surface area contributed by atoms with Crippen LogP contribution in [0.15, 0.2) is 6.07 Å². The molecule has 0 saturated heterocycles. The maximum atomic E-state index is 5.79. The molecular formula is C13H23N3O. The van der Waals surface area contributed by atoms with Gasteiger partial charge < -0.3 is 15.4 Å². The van der Waals surface area contributed by atoms with Crippen molar-refractivity contribution in [2.45, 2.75) is 26.8 Å². The summed E-state index contributed by atoms with van der Waals surface area (Å²) in [5, 5.41) is 0. The molecule has 1 rings (SSSR count). The van der Waals surface area contributed by atoms with Gasteiger partial charge in [-0.15, -0.1) is 0 Å². The lowest BCUT2D eigenvalue weighted by molar-refractivity contribution is 0.279. The molecule has 0 atom stereocenters. The molecule has 0 amide bonds. The second-order valence-electron chi connectivity index (χ2n) is 4.54. The molecule has 0 unspecified atom stereocenters. The minimum absolute atomic E-state index is 0.474. The first-order chi connectivity index (χ1) is 8.04. The molecular weight excluding hydrogens is 214 g/mol. The number of pyridine rings is 1. The molecule has 0 aliphatic rings. The fourth-order valence-corrected chi connectivity index (χ4v) is 1.76. The number of nitrogens with two attached hydrogens (primary N) is 1. The van der Waals surface area contributed by atoms with Crippen LogP contribution in [0.2, 0.25) is 0 Å². The SMILES string of the molecule is Cc1cc(OCCCN(C)C)c(CN)c(C)n1. The summed E-state index contributed by atoms with van der Waals surface area (Å²) in [5.41, 5.74) is 8.68. The third-order valence-electron chi connectivity index (χ3n) is 2.63. The van der Waals surface area contributed by atoms with Crippen LogP contribution in [-0.2, 0) is 6.54 Å². The molecule has 0 aromatic carbocycles. The number of hydrogen-bond acceptors (Lipinski definition) is 4. The normalized spacial score (nSPS) is 10.9. The smallest absolute Gasteiger partial charge is 0.127 e. The van der Waals surface area contributed by atoms with Crippen molar-refractivity contribution < 1.29 is 4.74 Å². The summed E-state index contributed by atoms with van der Waals surface area (Å²) in [6.07, 6.45) is 1.01. The standard InChI is InChI=1S/C13H23N3O/c1-10-8-13(12(9-14)11(2)15-10)17-7-5-6-16(3)4/h8H,5-7,9,14H2,1-4H3. The molecule has 0 radical (unpaired) electrons. The molecule has 96 valence electrons. The van der Waals surface area contributed by atoms with E-state index in [-0.39, 0.29) is 0 Å². The van der Waals surface area contributed by atoms with Gasteiger partial charge in [-0.2, -0.15) is 0 Å². The molecule has 0 saturated carbocycles. The largest absolute Gasteiger partial charge is 0.493 e. The van der Waals surface area contributed by atoms with E-state index in [4.69, 9.17) is 10.5 Å². The van der Waals surface area contributed by atoms with E-state index in [1.54, 1.807) is 0 Å². The third kappa shape index (κ3) is 4.32. The maximum absolute atomic E-state index is 5.79. The molecule has 0 bridgehead atoms. The third-order valence-corrected chi connectivity index (χ3v) is 2.63. The molecule has 1 aromatic heterocycles. The van der Waals surface area contributed by atoms with E-state index in [0.717, 1.165) is 35.7 Å². The van der Waals surface area contributed by atoms with Gasteiger partial charge in [0.25, 0.3) is 0 Å². The number of rotatable bonds is 6. The predicted molar refractivity (Wildman–Crippen MR) is 70.3 cm³/mol. The number of nitrogens with zero attached hydrogens (tertiary/aromatic N) is 2. The molecule has 4 heteroatoms. The van der Waals surface area contributed by atoms with Crippen molar-refractivity contribution in [2.24, 2.45) is 5.73 Å². The van der Waals surface area contributed by atoms with E-state index in [9.17, 15) is 0 Å². The molecule has 0 aliphatic carbocycles. The van der Waals surface area contributed by atoms with Gasteiger partial charge in [0.05, 0.1) is 6.61 Å². The summed E-state index contributed by atoms with van der Waals surface area (Å²) in [7, 11) is 4.12. The first-order valence-corrected chi connectivity index (χ1v) is 5.99. The van der Waals surface area contributed by atoms with Gasteiger partial charge in [-0.1, -0.05) is 0 Å². The number of ether oxygens (including phenoxy) is 1. The van der Waals surface area contributed by atoms with E-state index in [1.807, 2.05) is 19.9 Å². The van der Waals surface area contributed by atoms with Crippen LogP contribution in [0, 0.1) is 13.8 Å². The van der Waals surface area contributed by atoms with Gasteiger partial charge in [0.2, 0.25) is 0 Å². The van der Waals surface area contributed by atoms with Crippen molar-refractivity contribution >= 4 is 0 Å². The van der Waals surface area contributed by atoms with Crippen LogP contribution < -0.4 is 10.5 Å². The van der Waals surface area contributed by atoms with Gasteiger partial charge in [-0.25, -0.2) is 0 Å². The Balaban J connectivity index is 2.63. The van der Waals surface area contributed by atoms with E-state index in [2.05, 4.69) is 24.0 Å². The topological polar surface area (TPSA) is 51.4 Å². The van der Waals surface area contributed by atoms with Crippen molar-refractivity contribution in [1.29, 1.82) is 0 Å². The lowest BCUT2D eigenvalue weighted by Gasteiger charge is -2.14. The quantitative estimate of drug-likeness (QED) is 0.762. The highest BCUT2D eigenvalue weighted by Gasteiger charge is 2.08. The van der Waals surface area contributed by atoms with Crippen LogP contribution >= 0.6 is 0 Å². The summed E-state index contributed by atoms with van der Waals surface area (Å²) in [6, 6.07) is 1.96. The highest BCUT2D eigenvalue weighted by molar-refractivity contribution is 5.37. The summed E-state index contributed by atoms with van der Waals surface area (Å²) in [5.74, 6) is 0.885.